The van der Waals surface area contributed by atoms with E-state index in [0.29, 0.717) is 6.54 Å². The number of sulfone groups is 1. The molecular formula is C19H28N2O4S2. The molecule has 2 saturated heterocycles. The van der Waals surface area contributed by atoms with Crippen LogP contribution in [0, 0.1) is 0 Å². The second kappa shape index (κ2) is 9.91. The van der Waals surface area contributed by atoms with Crippen molar-refractivity contribution in [3.63, 3.8) is 0 Å². The zero-order chi connectivity index (χ0) is 19.1. The minimum absolute atomic E-state index is 0.0432. The first-order valence-electron chi connectivity index (χ1n) is 9.51. The largest absolute Gasteiger partial charge is 0.379 e. The van der Waals surface area contributed by atoms with Gasteiger partial charge in [-0.25, -0.2) is 8.42 Å². The zero-order valence-corrected chi connectivity index (χ0v) is 17.2. The number of morpholine rings is 1. The molecule has 1 atom stereocenters. The molecule has 27 heavy (non-hydrogen) atoms. The molecule has 0 bridgehead atoms. The summed E-state index contributed by atoms with van der Waals surface area (Å²) in [4.78, 5) is 17.5. The maximum Gasteiger partial charge on any atom is 0.223 e. The summed E-state index contributed by atoms with van der Waals surface area (Å²) in [6.45, 7) is 4.82. The Hall–Kier alpha value is -1.09. The molecule has 2 fully saturated rings. The predicted octanol–water partition coefficient (Wildman–Crippen LogP) is 1.52. The van der Waals surface area contributed by atoms with Gasteiger partial charge in [-0.3, -0.25) is 9.69 Å². The van der Waals surface area contributed by atoms with Crippen LogP contribution in [0.2, 0.25) is 0 Å². The number of carbonyl (C=O) groups is 1. The van der Waals surface area contributed by atoms with Crippen molar-refractivity contribution in [3.05, 3.63) is 30.3 Å². The molecule has 0 saturated carbocycles. The lowest BCUT2D eigenvalue weighted by molar-refractivity contribution is -0.133. The lowest BCUT2D eigenvalue weighted by Gasteiger charge is -2.35. The first kappa shape index (κ1) is 20.6. The molecule has 150 valence electrons. The Balaban J connectivity index is 1.61. The molecule has 1 amide bonds. The molecule has 2 heterocycles. The fourth-order valence-corrected chi connectivity index (χ4v) is 5.81. The summed E-state index contributed by atoms with van der Waals surface area (Å²) < 4.78 is 30.4. The molecule has 1 aromatic carbocycles. The highest BCUT2D eigenvalue weighted by molar-refractivity contribution is 7.99. The SMILES string of the molecule is O=C(CCS(=O)(=O)c1ccccc1)N1CCCSC[C@H]1CN1CCOCC1. The lowest BCUT2D eigenvalue weighted by Crippen LogP contribution is -2.50. The molecule has 0 radical (unpaired) electrons. The van der Waals surface area contributed by atoms with E-state index in [2.05, 4.69) is 4.90 Å². The standard InChI is InChI=1S/C19H28N2O4S2/c22-19(7-14-27(23,24)18-5-2-1-3-6-18)21-8-4-13-26-16-17(21)15-20-9-11-25-12-10-20/h1-3,5-6,17H,4,7-16H2/t17-/m1/s1. The maximum absolute atomic E-state index is 12.9. The predicted molar refractivity (Wildman–Crippen MR) is 108 cm³/mol. The minimum atomic E-state index is -3.43. The molecule has 6 nitrogen and oxygen atoms in total. The van der Waals surface area contributed by atoms with Crippen LogP contribution >= 0.6 is 11.8 Å². The van der Waals surface area contributed by atoms with Gasteiger partial charge in [0.05, 0.1) is 29.9 Å². The Labute approximate surface area is 166 Å². The fraction of sp³-hybridized carbons (Fsp3) is 0.632. The summed E-state index contributed by atoms with van der Waals surface area (Å²) in [5, 5.41) is 0. The van der Waals surface area contributed by atoms with Crippen LogP contribution in [-0.4, -0.2) is 86.8 Å². The van der Waals surface area contributed by atoms with E-state index in [9.17, 15) is 13.2 Å². The van der Waals surface area contributed by atoms with Crippen molar-refractivity contribution in [2.75, 3.05) is 56.7 Å². The summed E-state index contributed by atoms with van der Waals surface area (Å²) in [7, 11) is -3.43. The molecule has 0 aromatic heterocycles. The molecule has 0 N–H and O–H groups in total. The smallest absolute Gasteiger partial charge is 0.223 e. The Bertz CT molecular complexity index is 706. The topological polar surface area (TPSA) is 66.9 Å². The molecule has 0 aliphatic carbocycles. The van der Waals surface area contributed by atoms with E-state index in [0.717, 1.165) is 50.8 Å². The van der Waals surface area contributed by atoms with Gasteiger partial charge in [-0.05, 0) is 24.3 Å². The minimum Gasteiger partial charge on any atom is -0.379 e. The number of ether oxygens (including phenoxy) is 1. The number of amides is 1. The molecule has 0 spiro atoms. The van der Waals surface area contributed by atoms with E-state index >= 15 is 0 Å². The molecule has 2 aliphatic heterocycles. The molecule has 2 aliphatic rings. The van der Waals surface area contributed by atoms with Crippen molar-refractivity contribution < 1.29 is 17.9 Å². The van der Waals surface area contributed by atoms with E-state index in [4.69, 9.17) is 4.74 Å². The summed E-state index contributed by atoms with van der Waals surface area (Å²) in [5.74, 6) is 1.78. The van der Waals surface area contributed by atoms with Gasteiger partial charge in [0.25, 0.3) is 0 Å². The number of rotatable bonds is 6. The van der Waals surface area contributed by atoms with Crippen LogP contribution in [0.3, 0.4) is 0 Å². The number of hydrogen-bond acceptors (Lipinski definition) is 6. The molecule has 1 aromatic rings. The Morgan fingerprint density at radius 1 is 1.15 bits per heavy atom. The van der Waals surface area contributed by atoms with Crippen molar-refractivity contribution in [3.8, 4) is 0 Å². The van der Waals surface area contributed by atoms with Gasteiger partial charge in [0, 0.05) is 38.4 Å². The van der Waals surface area contributed by atoms with Gasteiger partial charge < -0.3 is 9.64 Å². The molecule has 3 rings (SSSR count). The lowest BCUT2D eigenvalue weighted by atomic mass is 10.2. The summed E-state index contributed by atoms with van der Waals surface area (Å²) >= 11 is 1.88. The maximum atomic E-state index is 12.9. The van der Waals surface area contributed by atoms with Gasteiger partial charge in [-0.15, -0.1) is 0 Å². The van der Waals surface area contributed by atoms with E-state index in [1.165, 1.54) is 0 Å². The Morgan fingerprint density at radius 3 is 2.63 bits per heavy atom. The van der Waals surface area contributed by atoms with Crippen molar-refractivity contribution in [1.82, 2.24) is 9.80 Å². The third-order valence-electron chi connectivity index (χ3n) is 5.02. The van der Waals surface area contributed by atoms with Crippen LogP contribution in [0.1, 0.15) is 12.8 Å². The molecule has 8 heteroatoms. The summed E-state index contributed by atoms with van der Waals surface area (Å²) in [6, 6.07) is 8.52. The monoisotopic (exact) mass is 412 g/mol. The number of benzene rings is 1. The van der Waals surface area contributed by atoms with Gasteiger partial charge in [0.15, 0.2) is 9.84 Å². The van der Waals surface area contributed by atoms with Crippen LogP contribution in [-0.2, 0) is 19.4 Å². The highest BCUT2D eigenvalue weighted by Crippen LogP contribution is 2.20. The first-order chi connectivity index (χ1) is 13.1. The second-order valence-corrected chi connectivity index (χ2v) is 10.2. The van der Waals surface area contributed by atoms with Crippen molar-refractivity contribution in [2.24, 2.45) is 0 Å². The van der Waals surface area contributed by atoms with Crippen LogP contribution in [0.15, 0.2) is 35.2 Å². The molecule has 0 unspecified atom stereocenters. The first-order valence-corrected chi connectivity index (χ1v) is 12.3. The quantitative estimate of drug-likeness (QED) is 0.706. The highest BCUT2D eigenvalue weighted by Gasteiger charge is 2.29. The van der Waals surface area contributed by atoms with Crippen molar-refractivity contribution >= 4 is 27.5 Å². The van der Waals surface area contributed by atoms with Crippen LogP contribution < -0.4 is 0 Å². The van der Waals surface area contributed by atoms with Gasteiger partial charge in [-0.1, -0.05) is 18.2 Å². The average Bonchev–Trinajstić information content (AvgIpc) is 2.93. The van der Waals surface area contributed by atoms with E-state index < -0.39 is 9.84 Å². The normalized spacial score (nSPS) is 22.4. The van der Waals surface area contributed by atoms with Gasteiger partial charge in [0.2, 0.25) is 5.91 Å². The Morgan fingerprint density at radius 2 is 1.89 bits per heavy atom. The number of nitrogens with zero attached hydrogens (tertiary/aromatic N) is 2. The number of carbonyl (C=O) groups excluding carboxylic acids is 1. The zero-order valence-electron chi connectivity index (χ0n) is 15.6. The van der Waals surface area contributed by atoms with Crippen LogP contribution in [0.5, 0.6) is 0 Å². The van der Waals surface area contributed by atoms with E-state index in [1.54, 1.807) is 30.3 Å². The van der Waals surface area contributed by atoms with E-state index in [1.807, 2.05) is 16.7 Å². The average molecular weight is 413 g/mol. The van der Waals surface area contributed by atoms with Gasteiger partial charge >= 0.3 is 0 Å². The van der Waals surface area contributed by atoms with E-state index in [-0.39, 0.29) is 29.0 Å². The van der Waals surface area contributed by atoms with Gasteiger partial charge in [-0.2, -0.15) is 11.8 Å². The number of thioether (sulfide) groups is 1. The summed E-state index contributed by atoms with van der Waals surface area (Å²) in [6.07, 6.45) is 1.00. The third-order valence-corrected chi connectivity index (χ3v) is 7.95. The molecular weight excluding hydrogens is 384 g/mol. The van der Waals surface area contributed by atoms with Crippen molar-refractivity contribution in [1.29, 1.82) is 0 Å². The third kappa shape index (κ3) is 5.94. The van der Waals surface area contributed by atoms with Gasteiger partial charge in [0.1, 0.15) is 0 Å². The van der Waals surface area contributed by atoms with Crippen molar-refractivity contribution in [2.45, 2.75) is 23.8 Å². The Kier molecular flexibility index (Phi) is 7.57. The second-order valence-electron chi connectivity index (χ2n) is 6.96. The highest BCUT2D eigenvalue weighted by atomic mass is 32.2. The fourth-order valence-electron chi connectivity index (χ4n) is 3.50. The van der Waals surface area contributed by atoms with Crippen LogP contribution in [0.25, 0.3) is 0 Å². The van der Waals surface area contributed by atoms with Crippen LogP contribution in [0.4, 0.5) is 0 Å². The number of hydrogen-bond donors (Lipinski definition) is 0. The summed E-state index contributed by atoms with van der Waals surface area (Å²) in [5.41, 5.74) is 0.